The lowest BCUT2D eigenvalue weighted by Gasteiger charge is -2.21. The van der Waals surface area contributed by atoms with Crippen LogP contribution in [0.3, 0.4) is 0 Å². The molecule has 0 saturated carbocycles. The first-order chi connectivity index (χ1) is 11.1. The SMILES string of the molecule is Cc1nc(C(=O)NC(c2ccncc2)c2ccccc2C)cs1. The summed E-state index contributed by atoms with van der Waals surface area (Å²) in [6.45, 7) is 3.94. The summed E-state index contributed by atoms with van der Waals surface area (Å²) >= 11 is 1.47. The number of aromatic nitrogens is 2. The first kappa shape index (κ1) is 15.4. The van der Waals surface area contributed by atoms with Crippen molar-refractivity contribution in [3.63, 3.8) is 0 Å². The van der Waals surface area contributed by atoms with Crippen LogP contribution in [0.25, 0.3) is 0 Å². The van der Waals surface area contributed by atoms with Crippen molar-refractivity contribution < 1.29 is 4.79 Å². The van der Waals surface area contributed by atoms with Crippen LogP contribution >= 0.6 is 11.3 Å². The number of aryl methyl sites for hydroxylation is 2. The van der Waals surface area contributed by atoms with Crippen LogP contribution in [0.5, 0.6) is 0 Å². The molecule has 1 atom stereocenters. The van der Waals surface area contributed by atoms with E-state index in [1.807, 2.05) is 50.2 Å². The van der Waals surface area contributed by atoms with Crippen LogP contribution in [0.2, 0.25) is 0 Å². The molecule has 0 aliphatic rings. The molecule has 1 unspecified atom stereocenters. The average Bonchev–Trinajstić information content (AvgIpc) is 3.01. The number of pyridine rings is 1. The van der Waals surface area contributed by atoms with E-state index >= 15 is 0 Å². The third-order valence-electron chi connectivity index (χ3n) is 3.67. The molecule has 23 heavy (non-hydrogen) atoms. The van der Waals surface area contributed by atoms with Gasteiger partial charge in [-0.05, 0) is 42.7 Å². The Balaban J connectivity index is 1.96. The van der Waals surface area contributed by atoms with Crippen LogP contribution < -0.4 is 5.32 Å². The van der Waals surface area contributed by atoms with Gasteiger partial charge in [0.05, 0.1) is 11.0 Å². The molecular weight excluding hydrogens is 306 g/mol. The van der Waals surface area contributed by atoms with Crippen LogP contribution in [0.1, 0.15) is 38.2 Å². The molecule has 0 aliphatic heterocycles. The molecule has 2 heterocycles. The lowest BCUT2D eigenvalue weighted by molar-refractivity contribution is 0.0938. The van der Waals surface area contributed by atoms with Gasteiger partial charge in [0.15, 0.2) is 0 Å². The molecule has 0 radical (unpaired) electrons. The number of carbonyl (C=O) groups excluding carboxylic acids is 1. The Labute approximate surface area is 139 Å². The normalized spacial score (nSPS) is 11.9. The highest BCUT2D eigenvalue weighted by atomic mass is 32.1. The summed E-state index contributed by atoms with van der Waals surface area (Å²) in [5.74, 6) is -0.167. The first-order valence-electron chi connectivity index (χ1n) is 7.33. The number of nitrogens with one attached hydrogen (secondary N) is 1. The highest BCUT2D eigenvalue weighted by Gasteiger charge is 2.20. The standard InChI is InChI=1S/C18H17N3OS/c1-12-5-3-4-6-15(12)17(14-7-9-19-10-8-14)21-18(22)16-11-23-13(2)20-16/h3-11,17H,1-2H3,(H,21,22). The second-order valence-corrected chi connectivity index (χ2v) is 6.36. The van der Waals surface area contributed by atoms with E-state index in [-0.39, 0.29) is 11.9 Å². The summed E-state index contributed by atoms with van der Waals surface area (Å²) in [6.07, 6.45) is 3.47. The van der Waals surface area contributed by atoms with Gasteiger partial charge in [0.25, 0.3) is 5.91 Å². The van der Waals surface area contributed by atoms with Crippen molar-refractivity contribution in [1.82, 2.24) is 15.3 Å². The van der Waals surface area contributed by atoms with Crippen molar-refractivity contribution in [2.45, 2.75) is 19.9 Å². The predicted octanol–water partition coefficient (Wildman–Crippen LogP) is 3.67. The number of amides is 1. The summed E-state index contributed by atoms with van der Waals surface area (Å²) < 4.78 is 0. The van der Waals surface area contributed by atoms with Crippen molar-refractivity contribution in [2.75, 3.05) is 0 Å². The third-order valence-corrected chi connectivity index (χ3v) is 4.44. The van der Waals surface area contributed by atoms with Crippen LogP contribution in [0.4, 0.5) is 0 Å². The maximum Gasteiger partial charge on any atom is 0.271 e. The van der Waals surface area contributed by atoms with E-state index in [2.05, 4.69) is 15.3 Å². The van der Waals surface area contributed by atoms with Gasteiger partial charge in [-0.1, -0.05) is 24.3 Å². The fourth-order valence-electron chi connectivity index (χ4n) is 2.48. The van der Waals surface area contributed by atoms with E-state index in [1.54, 1.807) is 17.8 Å². The molecule has 5 heteroatoms. The summed E-state index contributed by atoms with van der Waals surface area (Å²) in [5.41, 5.74) is 3.65. The number of benzene rings is 1. The lowest BCUT2D eigenvalue weighted by Crippen LogP contribution is -2.30. The number of hydrogen-bond donors (Lipinski definition) is 1. The van der Waals surface area contributed by atoms with Gasteiger partial charge in [-0.2, -0.15) is 0 Å². The Kier molecular flexibility index (Phi) is 4.48. The van der Waals surface area contributed by atoms with Crippen molar-refractivity contribution in [1.29, 1.82) is 0 Å². The van der Waals surface area contributed by atoms with E-state index < -0.39 is 0 Å². The van der Waals surface area contributed by atoms with Gasteiger partial charge in [0, 0.05) is 17.8 Å². The van der Waals surface area contributed by atoms with Gasteiger partial charge < -0.3 is 5.32 Å². The highest BCUT2D eigenvalue weighted by molar-refractivity contribution is 7.09. The van der Waals surface area contributed by atoms with Crippen molar-refractivity contribution in [3.8, 4) is 0 Å². The smallest absolute Gasteiger partial charge is 0.271 e. The molecule has 0 saturated heterocycles. The van der Waals surface area contributed by atoms with Gasteiger partial charge in [-0.3, -0.25) is 9.78 Å². The maximum atomic E-state index is 12.5. The lowest BCUT2D eigenvalue weighted by atomic mass is 9.95. The Morgan fingerprint density at radius 1 is 1.13 bits per heavy atom. The van der Waals surface area contributed by atoms with E-state index in [9.17, 15) is 4.79 Å². The number of carbonyl (C=O) groups is 1. The molecule has 2 aromatic heterocycles. The van der Waals surface area contributed by atoms with Gasteiger partial charge in [-0.25, -0.2) is 4.98 Å². The van der Waals surface area contributed by atoms with Gasteiger partial charge in [0.1, 0.15) is 5.69 Å². The summed E-state index contributed by atoms with van der Waals surface area (Å²) in [5, 5.41) is 5.76. The van der Waals surface area contributed by atoms with E-state index in [0.717, 1.165) is 21.7 Å². The second-order valence-electron chi connectivity index (χ2n) is 5.30. The van der Waals surface area contributed by atoms with Gasteiger partial charge in [0.2, 0.25) is 0 Å². The van der Waals surface area contributed by atoms with E-state index in [0.29, 0.717) is 5.69 Å². The van der Waals surface area contributed by atoms with Crippen molar-refractivity contribution in [3.05, 3.63) is 81.6 Å². The minimum Gasteiger partial charge on any atom is -0.340 e. The highest BCUT2D eigenvalue weighted by Crippen LogP contribution is 2.25. The Bertz CT molecular complexity index is 814. The molecule has 0 bridgehead atoms. The van der Waals surface area contributed by atoms with E-state index in [1.165, 1.54) is 11.3 Å². The minimum atomic E-state index is -0.228. The van der Waals surface area contributed by atoms with Crippen LogP contribution in [-0.4, -0.2) is 15.9 Å². The number of thiazole rings is 1. The zero-order valence-corrected chi connectivity index (χ0v) is 13.8. The topological polar surface area (TPSA) is 54.9 Å². The zero-order valence-electron chi connectivity index (χ0n) is 13.0. The second kappa shape index (κ2) is 6.71. The van der Waals surface area contributed by atoms with Crippen LogP contribution in [0, 0.1) is 13.8 Å². The minimum absolute atomic E-state index is 0.167. The summed E-state index contributed by atoms with van der Waals surface area (Å²) in [7, 11) is 0. The van der Waals surface area contributed by atoms with Gasteiger partial charge >= 0.3 is 0 Å². The zero-order chi connectivity index (χ0) is 16.2. The molecule has 0 aliphatic carbocycles. The van der Waals surface area contributed by atoms with E-state index in [4.69, 9.17) is 0 Å². The molecule has 116 valence electrons. The molecular formula is C18H17N3OS. The molecule has 3 aromatic rings. The molecule has 0 fully saturated rings. The fraction of sp³-hybridized carbons (Fsp3) is 0.167. The van der Waals surface area contributed by atoms with Crippen molar-refractivity contribution in [2.24, 2.45) is 0 Å². The Hall–Kier alpha value is -2.53. The summed E-state index contributed by atoms with van der Waals surface area (Å²) in [6, 6.07) is 11.7. The number of hydrogen-bond acceptors (Lipinski definition) is 4. The summed E-state index contributed by atoms with van der Waals surface area (Å²) in [4.78, 5) is 20.9. The molecule has 1 amide bonds. The largest absolute Gasteiger partial charge is 0.340 e. The maximum absolute atomic E-state index is 12.5. The fourth-order valence-corrected chi connectivity index (χ4v) is 3.07. The molecule has 1 N–H and O–H groups in total. The molecule has 1 aromatic carbocycles. The van der Waals surface area contributed by atoms with Crippen molar-refractivity contribution >= 4 is 17.2 Å². The monoisotopic (exact) mass is 323 g/mol. The Morgan fingerprint density at radius 3 is 2.52 bits per heavy atom. The van der Waals surface area contributed by atoms with Crippen LogP contribution in [-0.2, 0) is 0 Å². The average molecular weight is 323 g/mol. The predicted molar refractivity (Wildman–Crippen MR) is 91.6 cm³/mol. The first-order valence-corrected chi connectivity index (χ1v) is 8.21. The molecule has 0 spiro atoms. The molecule has 4 nitrogen and oxygen atoms in total. The number of nitrogens with zero attached hydrogens (tertiary/aromatic N) is 2. The Morgan fingerprint density at radius 2 is 1.87 bits per heavy atom. The third kappa shape index (κ3) is 3.46. The van der Waals surface area contributed by atoms with Crippen LogP contribution in [0.15, 0.2) is 54.2 Å². The van der Waals surface area contributed by atoms with Gasteiger partial charge in [-0.15, -0.1) is 11.3 Å². The number of rotatable bonds is 4. The quantitative estimate of drug-likeness (QED) is 0.797. The molecule has 3 rings (SSSR count).